The van der Waals surface area contributed by atoms with Crippen molar-refractivity contribution in [3.05, 3.63) is 57.1 Å². The van der Waals surface area contributed by atoms with Gasteiger partial charge in [-0.1, -0.05) is 23.8 Å². The van der Waals surface area contributed by atoms with Crippen molar-refractivity contribution >= 4 is 27.3 Å². The molecule has 0 atom stereocenters. The van der Waals surface area contributed by atoms with Crippen LogP contribution in [-0.4, -0.2) is 0 Å². The minimum Gasteiger partial charge on any atom is -0.399 e. The number of hydrogen-bond donors (Lipinski definition) is 2. The van der Waals surface area contributed by atoms with E-state index in [4.69, 9.17) is 11.5 Å². The molecule has 0 aliphatic heterocycles. The molecule has 0 amide bonds. The number of rotatable bonds is 0. The van der Waals surface area contributed by atoms with Crippen LogP contribution < -0.4 is 11.5 Å². The maximum atomic E-state index is 5.70. The Kier molecular flexibility index (Phi) is 5.43. The van der Waals surface area contributed by atoms with E-state index in [9.17, 15) is 0 Å². The maximum absolute atomic E-state index is 5.70. The van der Waals surface area contributed by atoms with E-state index in [0.29, 0.717) is 0 Å². The van der Waals surface area contributed by atoms with Gasteiger partial charge in [-0.2, -0.15) is 0 Å². The quantitative estimate of drug-likeness (QED) is 0.700. The van der Waals surface area contributed by atoms with Crippen molar-refractivity contribution < 1.29 is 0 Å². The lowest BCUT2D eigenvalue weighted by molar-refractivity contribution is 1.37. The van der Waals surface area contributed by atoms with Crippen LogP contribution in [0.2, 0.25) is 0 Å². The molecule has 102 valence electrons. The summed E-state index contributed by atoms with van der Waals surface area (Å²) in [7, 11) is 0. The molecule has 2 rings (SSSR count). The minimum atomic E-state index is 0.839. The average Bonchev–Trinajstić information content (AvgIpc) is 2.32. The van der Waals surface area contributed by atoms with E-state index < -0.39 is 0 Å². The number of hydrogen-bond acceptors (Lipinski definition) is 2. The maximum Gasteiger partial charge on any atom is 0.0488 e. The fraction of sp³-hybridized carbons (Fsp3) is 0.250. The molecule has 2 nitrogen and oxygen atoms in total. The summed E-state index contributed by atoms with van der Waals surface area (Å²) in [6.07, 6.45) is 0. The van der Waals surface area contributed by atoms with Crippen molar-refractivity contribution in [3.63, 3.8) is 0 Å². The van der Waals surface area contributed by atoms with E-state index >= 15 is 0 Å². The van der Waals surface area contributed by atoms with Crippen molar-refractivity contribution in [1.82, 2.24) is 0 Å². The number of aryl methyl sites for hydroxylation is 4. The second kappa shape index (κ2) is 6.62. The molecule has 0 radical (unpaired) electrons. The Morgan fingerprint density at radius 3 is 1.84 bits per heavy atom. The van der Waals surface area contributed by atoms with Gasteiger partial charge in [0, 0.05) is 15.8 Å². The van der Waals surface area contributed by atoms with Crippen molar-refractivity contribution in [2.45, 2.75) is 27.7 Å². The lowest BCUT2D eigenvalue weighted by Crippen LogP contribution is -1.91. The highest BCUT2D eigenvalue weighted by Crippen LogP contribution is 2.24. The van der Waals surface area contributed by atoms with Crippen LogP contribution in [0.15, 0.2) is 34.8 Å². The average molecular weight is 321 g/mol. The van der Waals surface area contributed by atoms with Crippen LogP contribution in [-0.2, 0) is 0 Å². The van der Waals surface area contributed by atoms with E-state index in [1.165, 1.54) is 11.1 Å². The van der Waals surface area contributed by atoms with Crippen LogP contribution in [0, 0.1) is 27.7 Å². The minimum absolute atomic E-state index is 0.839. The van der Waals surface area contributed by atoms with Crippen LogP contribution in [0.1, 0.15) is 22.3 Å². The van der Waals surface area contributed by atoms with Crippen LogP contribution in [0.25, 0.3) is 0 Å². The molecule has 2 aromatic carbocycles. The lowest BCUT2D eigenvalue weighted by atomic mass is 10.1. The first kappa shape index (κ1) is 15.6. The van der Waals surface area contributed by atoms with Gasteiger partial charge in [0.25, 0.3) is 0 Å². The normalized spacial score (nSPS) is 9.74. The standard InChI is InChI=1S/C8H10BrN.C8H11N/c1-5-3-6(2)8(10)7(9)4-5;1-6-3-4-8(9)7(2)5-6/h3-4H,10H2,1-2H3;3-5H,9H2,1-2H3. The SMILES string of the molecule is Cc1cc(C)c(N)c(Br)c1.Cc1ccc(N)c(C)c1. The molecule has 2 aromatic rings. The third-order valence-corrected chi connectivity index (χ3v) is 3.56. The van der Waals surface area contributed by atoms with Crippen molar-refractivity contribution in [1.29, 1.82) is 0 Å². The molecule has 0 unspecified atom stereocenters. The monoisotopic (exact) mass is 320 g/mol. The molecule has 0 aliphatic carbocycles. The molecule has 0 bridgehead atoms. The van der Waals surface area contributed by atoms with Crippen molar-refractivity contribution in [3.8, 4) is 0 Å². The second-order valence-corrected chi connectivity index (χ2v) is 5.69. The molecule has 0 aliphatic rings. The zero-order valence-corrected chi connectivity index (χ0v) is 13.5. The number of benzene rings is 2. The zero-order chi connectivity index (χ0) is 14.6. The molecule has 0 fully saturated rings. The summed E-state index contributed by atoms with van der Waals surface area (Å²) in [5.41, 5.74) is 17.8. The molecule has 0 aromatic heterocycles. The van der Waals surface area contributed by atoms with E-state index in [-0.39, 0.29) is 0 Å². The molecular weight excluding hydrogens is 300 g/mol. The van der Waals surface area contributed by atoms with Gasteiger partial charge in [0.1, 0.15) is 0 Å². The fourth-order valence-corrected chi connectivity index (χ4v) is 2.43. The van der Waals surface area contributed by atoms with Gasteiger partial charge in [0.15, 0.2) is 0 Å². The molecule has 0 saturated carbocycles. The Morgan fingerprint density at radius 2 is 1.37 bits per heavy atom. The molecule has 19 heavy (non-hydrogen) atoms. The van der Waals surface area contributed by atoms with Crippen LogP contribution in [0.4, 0.5) is 11.4 Å². The molecular formula is C16H21BrN2. The summed E-state index contributed by atoms with van der Waals surface area (Å²) in [4.78, 5) is 0. The number of nitrogens with two attached hydrogens (primary N) is 2. The summed E-state index contributed by atoms with van der Waals surface area (Å²) >= 11 is 3.37. The van der Waals surface area contributed by atoms with E-state index in [0.717, 1.165) is 27.0 Å². The zero-order valence-electron chi connectivity index (χ0n) is 11.9. The summed E-state index contributed by atoms with van der Waals surface area (Å²) in [5.74, 6) is 0. The van der Waals surface area contributed by atoms with Crippen molar-refractivity contribution in [2.75, 3.05) is 11.5 Å². The van der Waals surface area contributed by atoms with Gasteiger partial charge in [0.2, 0.25) is 0 Å². The Hall–Kier alpha value is -1.48. The first-order valence-corrected chi connectivity index (χ1v) is 6.95. The van der Waals surface area contributed by atoms with Crippen molar-refractivity contribution in [2.24, 2.45) is 0 Å². The molecule has 0 saturated heterocycles. The van der Waals surface area contributed by atoms with Crippen LogP contribution in [0.3, 0.4) is 0 Å². The molecule has 0 heterocycles. The summed E-state index contributed by atoms with van der Waals surface area (Å²) < 4.78 is 0.991. The Bertz CT molecular complexity index is 554. The highest BCUT2D eigenvalue weighted by Gasteiger charge is 1.98. The summed E-state index contributed by atoms with van der Waals surface area (Å²) in [5, 5.41) is 0. The third-order valence-electron chi connectivity index (χ3n) is 2.91. The fourth-order valence-electron chi connectivity index (χ4n) is 1.75. The summed E-state index contributed by atoms with van der Waals surface area (Å²) in [6.45, 7) is 8.14. The van der Waals surface area contributed by atoms with E-state index in [1.807, 2.05) is 32.0 Å². The van der Waals surface area contributed by atoms with Gasteiger partial charge in [-0.15, -0.1) is 0 Å². The van der Waals surface area contributed by atoms with Crippen LogP contribution >= 0.6 is 15.9 Å². The third kappa shape index (κ3) is 4.60. The van der Waals surface area contributed by atoms with E-state index in [2.05, 4.69) is 41.9 Å². The Balaban J connectivity index is 0.000000191. The van der Waals surface area contributed by atoms with Gasteiger partial charge in [-0.3, -0.25) is 0 Å². The Morgan fingerprint density at radius 1 is 0.789 bits per heavy atom. The highest BCUT2D eigenvalue weighted by atomic mass is 79.9. The van der Waals surface area contributed by atoms with Crippen LogP contribution in [0.5, 0.6) is 0 Å². The van der Waals surface area contributed by atoms with E-state index in [1.54, 1.807) is 0 Å². The predicted octanol–water partition coefficient (Wildman–Crippen LogP) is 4.53. The largest absolute Gasteiger partial charge is 0.399 e. The smallest absolute Gasteiger partial charge is 0.0488 e. The molecule has 4 N–H and O–H groups in total. The molecule has 0 spiro atoms. The first-order valence-electron chi connectivity index (χ1n) is 6.16. The van der Waals surface area contributed by atoms with Gasteiger partial charge >= 0.3 is 0 Å². The van der Waals surface area contributed by atoms with Gasteiger partial charge in [0.05, 0.1) is 0 Å². The van der Waals surface area contributed by atoms with Gasteiger partial charge < -0.3 is 11.5 Å². The second-order valence-electron chi connectivity index (χ2n) is 4.84. The first-order chi connectivity index (χ1) is 8.81. The number of nitrogen functional groups attached to an aromatic ring is 2. The van der Waals surface area contributed by atoms with Gasteiger partial charge in [-0.25, -0.2) is 0 Å². The summed E-state index contributed by atoms with van der Waals surface area (Å²) in [6, 6.07) is 10.1. The molecule has 3 heteroatoms. The lowest BCUT2D eigenvalue weighted by Gasteiger charge is -2.03. The number of halogens is 1. The predicted molar refractivity (Wildman–Crippen MR) is 88.4 cm³/mol. The van der Waals surface area contributed by atoms with Gasteiger partial charge in [-0.05, 0) is 72.4 Å². The number of anilines is 2. The Labute approximate surface area is 124 Å². The topological polar surface area (TPSA) is 52.0 Å². The highest BCUT2D eigenvalue weighted by molar-refractivity contribution is 9.10.